The molecule has 24 heavy (non-hydrogen) atoms. The predicted molar refractivity (Wildman–Crippen MR) is 98.0 cm³/mol. The molecule has 1 saturated heterocycles. The molecule has 0 N–H and O–H groups in total. The summed E-state index contributed by atoms with van der Waals surface area (Å²) in [6.45, 7) is 12.4. The fraction of sp³-hybridized carbons (Fsp3) is 0.684. The topological polar surface area (TPSA) is 36.9 Å². The zero-order valence-corrected chi connectivity index (χ0v) is 15.8. The van der Waals surface area contributed by atoms with E-state index in [4.69, 9.17) is 18.8 Å². The van der Waals surface area contributed by atoms with Crippen LogP contribution in [-0.4, -0.2) is 38.1 Å². The summed E-state index contributed by atoms with van der Waals surface area (Å²) in [5.41, 5.74) is 0.376. The molecule has 1 aromatic carbocycles. The number of hydrogen-bond donors (Lipinski definition) is 0. The molecule has 1 heterocycles. The van der Waals surface area contributed by atoms with Crippen LogP contribution in [0.2, 0.25) is 0 Å². The van der Waals surface area contributed by atoms with Gasteiger partial charge in [0.05, 0.1) is 17.8 Å². The molecule has 0 aliphatic carbocycles. The summed E-state index contributed by atoms with van der Waals surface area (Å²) in [4.78, 5) is 0. The van der Waals surface area contributed by atoms with Gasteiger partial charge in [0.2, 0.25) is 0 Å². The summed E-state index contributed by atoms with van der Waals surface area (Å²) in [5, 5.41) is 0. The lowest BCUT2D eigenvalue weighted by Gasteiger charge is -2.32. The minimum absolute atomic E-state index is 0.318. The molecule has 0 unspecified atom stereocenters. The van der Waals surface area contributed by atoms with Crippen LogP contribution in [0.15, 0.2) is 24.3 Å². The van der Waals surface area contributed by atoms with Gasteiger partial charge in [-0.3, -0.25) is 0 Å². The van der Waals surface area contributed by atoms with Gasteiger partial charge < -0.3 is 18.8 Å². The maximum Gasteiger partial charge on any atom is 0.494 e. The van der Waals surface area contributed by atoms with Crippen LogP contribution in [0, 0.1) is 0 Å². The van der Waals surface area contributed by atoms with Crippen molar-refractivity contribution in [2.75, 3.05) is 19.8 Å². The molecule has 1 aliphatic rings. The largest absolute Gasteiger partial charge is 0.494 e. The molecule has 0 saturated carbocycles. The molecule has 2 rings (SSSR count). The molecular weight excluding hydrogens is 303 g/mol. The lowest BCUT2D eigenvalue weighted by atomic mass is 9.79. The van der Waals surface area contributed by atoms with Crippen LogP contribution in [0.3, 0.4) is 0 Å². The Hall–Kier alpha value is -1.04. The second-order valence-corrected chi connectivity index (χ2v) is 7.33. The van der Waals surface area contributed by atoms with Gasteiger partial charge in [-0.05, 0) is 51.7 Å². The number of hydrogen-bond acceptors (Lipinski definition) is 4. The zero-order chi connectivity index (χ0) is 17.6. The first-order chi connectivity index (χ1) is 11.4. The highest BCUT2D eigenvalue weighted by atomic mass is 16.7. The predicted octanol–water partition coefficient (Wildman–Crippen LogP) is 3.57. The van der Waals surface area contributed by atoms with Crippen LogP contribution >= 0.6 is 0 Å². The maximum atomic E-state index is 6.05. The second-order valence-electron chi connectivity index (χ2n) is 7.33. The molecule has 0 spiro atoms. The van der Waals surface area contributed by atoms with Crippen molar-refractivity contribution in [1.29, 1.82) is 0 Å². The lowest BCUT2D eigenvalue weighted by molar-refractivity contribution is 0.00578. The van der Waals surface area contributed by atoms with E-state index >= 15 is 0 Å². The Morgan fingerprint density at radius 1 is 0.875 bits per heavy atom. The van der Waals surface area contributed by atoms with E-state index < -0.39 is 0 Å². The van der Waals surface area contributed by atoms with Gasteiger partial charge in [-0.2, -0.15) is 0 Å². The van der Waals surface area contributed by atoms with E-state index in [0.717, 1.165) is 24.2 Å². The van der Waals surface area contributed by atoms with Crippen LogP contribution in [0.25, 0.3) is 0 Å². The van der Waals surface area contributed by atoms with Crippen LogP contribution in [0.5, 0.6) is 5.75 Å². The van der Waals surface area contributed by atoms with E-state index in [-0.39, 0.29) is 18.3 Å². The smallest absolute Gasteiger partial charge is 0.491 e. The van der Waals surface area contributed by atoms with Gasteiger partial charge in [-0.15, -0.1) is 0 Å². The monoisotopic (exact) mass is 334 g/mol. The molecule has 134 valence electrons. The first-order valence-electron chi connectivity index (χ1n) is 9.02. The molecular formula is C19H31BO4. The molecule has 5 heteroatoms. The quantitative estimate of drug-likeness (QED) is 0.511. The van der Waals surface area contributed by atoms with Crippen molar-refractivity contribution in [1.82, 2.24) is 0 Å². The Bertz CT molecular complexity index is 483. The Labute approximate surface area is 147 Å². The van der Waals surface area contributed by atoms with Crippen molar-refractivity contribution in [3.05, 3.63) is 24.3 Å². The number of ether oxygens (including phenoxy) is 2. The molecule has 0 bridgehead atoms. The molecule has 0 atom stereocenters. The highest BCUT2D eigenvalue weighted by Crippen LogP contribution is 2.36. The molecule has 1 aliphatic heterocycles. The normalized spacial score (nSPS) is 18.8. The van der Waals surface area contributed by atoms with Crippen LogP contribution in [0.4, 0.5) is 0 Å². The number of benzene rings is 1. The van der Waals surface area contributed by atoms with Gasteiger partial charge in [-0.25, -0.2) is 0 Å². The van der Waals surface area contributed by atoms with Gasteiger partial charge in [0.25, 0.3) is 0 Å². The molecule has 0 aromatic heterocycles. The maximum absolute atomic E-state index is 6.05. The van der Waals surface area contributed by atoms with Crippen molar-refractivity contribution in [2.24, 2.45) is 0 Å². The van der Waals surface area contributed by atoms with E-state index in [0.29, 0.717) is 13.2 Å². The van der Waals surface area contributed by atoms with E-state index in [1.54, 1.807) is 0 Å². The summed E-state index contributed by atoms with van der Waals surface area (Å²) < 4.78 is 23.4. The minimum Gasteiger partial charge on any atom is -0.491 e. The van der Waals surface area contributed by atoms with Crippen molar-refractivity contribution in [3.8, 4) is 5.75 Å². The van der Waals surface area contributed by atoms with Crippen LogP contribution in [-0.2, 0) is 14.0 Å². The highest BCUT2D eigenvalue weighted by Gasteiger charge is 2.51. The van der Waals surface area contributed by atoms with E-state index in [1.807, 2.05) is 24.3 Å². The Kier molecular flexibility index (Phi) is 6.73. The fourth-order valence-corrected chi connectivity index (χ4v) is 2.47. The van der Waals surface area contributed by atoms with E-state index in [9.17, 15) is 0 Å². The molecule has 4 nitrogen and oxygen atoms in total. The van der Waals surface area contributed by atoms with Crippen molar-refractivity contribution in [2.45, 2.75) is 65.1 Å². The highest BCUT2D eigenvalue weighted by molar-refractivity contribution is 6.62. The SMILES string of the molecule is CCCCCOCCOc1ccc(B2OC(C)(C)C(C)(C)O2)cc1. The summed E-state index contributed by atoms with van der Waals surface area (Å²) >= 11 is 0. The summed E-state index contributed by atoms with van der Waals surface area (Å²) in [6, 6.07) is 7.91. The summed E-state index contributed by atoms with van der Waals surface area (Å²) in [7, 11) is -0.328. The molecule has 1 fully saturated rings. The van der Waals surface area contributed by atoms with Crippen molar-refractivity contribution in [3.63, 3.8) is 0 Å². The number of rotatable bonds is 9. The zero-order valence-electron chi connectivity index (χ0n) is 15.8. The molecule has 0 amide bonds. The standard InChI is InChI=1S/C19H31BO4/c1-6-7-8-13-21-14-15-22-17-11-9-16(10-12-17)20-23-18(2,3)19(4,5)24-20/h9-12H,6-8,13-15H2,1-5H3. The van der Waals surface area contributed by atoms with Crippen LogP contribution in [0.1, 0.15) is 53.9 Å². The van der Waals surface area contributed by atoms with Crippen LogP contribution < -0.4 is 10.2 Å². The van der Waals surface area contributed by atoms with Gasteiger partial charge >= 0.3 is 7.12 Å². The average Bonchev–Trinajstić information content (AvgIpc) is 2.75. The van der Waals surface area contributed by atoms with Gasteiger partial charge in [0.15, 0.2) is 0 Å². The Morgan fingerprint density at radius 2 is 1.50 bits per heavy atom. The fourth-order valence-electron chi connectivity index (χ4n) is 2.47. The minimum atomic E-state index is -0.328. The van der Waals surface area contributed by atoms with Gasteiger partial charge in [0, 0.05) is 6.61 Å². The molecule has 1 aromatic rings. The van der Waals surface area contributed by atoms with Crippen molar-refractivity contribution < 1.29 is 18.8 Å². The summed E-state index contributed by atoms with van der Waals surface area (Å²) in [6.07, 6.45) is 3.56. The first-order valence-corrected chi connectivity index (χ1v) is 9.02. The third-order valence-corrected chi connectivity index (χ3v) is 4.79. The first kappa shape index (κ1) is 19.3. The van der Waals surface area contributed by atoms with Gasteiger partial charge in [0.1, 0.15) is 12.4 Å². The third-order valence-electron chi connectivity index (χ3n) is 4.79. The third kappa shape index (κ3) is 4.98. The lowest BCUT2D eigenvalue weighted by Crippen LogP contribution is -2.41. The second kappa shape index (κ2) is 8.37. The van der Waals surface area contributed by atoms with Gasteiger partial charge in [-0.1, -0.05) is 31.9 Å². The number of unbranched alkanes of at least 4 members (excludes halogenated alkanes) is 2. The summed E-state index contributed by atoms with van der Waals surface area (Å²) in [5.74, 6) is 0.840. The Morgan fingerprint density at radius 3 is 2.08 bits per heavy atom. The van der Waals surface area contributed by atoms with Crippen molar-refractivity contribution >= 4 is 12.6 Å². The Balaban J connectivity index is 1.76. The van der Waals surface area contributed by atoms with E-state index in [2.05, 4.69) is 34.6 Å². The molecule has 0 radical (unpaired) electrons. The average molecular weight is 334 g/mol. The van der Waals surface area contributed by atoms with E-state index in [1.165, 1.54) is 12.8 Å².